The monoisotopic (exact) mass is 727 g/mol. The summed E-state index contributed by atoms with van der Waals surface area (Å²) >= 11 is 0. The van der Waals surface area contributed by atoms with Crippen LogP contribution < -0.4 is 4.74 Å². The highest BCUT2D eigenvalue weighted by Gasteiger charge is 2.94. The molecular weight excluding hydrogens is 710 g/mol. The lowest BCUT2D eigenvalue weighted by molar-refractivity contribution is -0.449. The smallest absolute Gasteiger partial charge is 0.460 e. The summed E-state index contributed by atoms with van der Waals surface area (Å²) in [4.78, 5) is 13.3. The zero-order chi connectivity index (χ0) is 37.2. The molecule has 0 saturated heterocycles. The number of aromatic nitrogens is 1. The van der Waals surface area contributed by atoms with Crippen molar-refractivity contribution >= 4 is 16.7 Å². The molecule has 0 bridgehead atoms. The number of Topliss-reactive ketones (excluding diaryl/α,β-unsaturated/α-hetero) is 1. The molecule has 3 aromatic carbocycles. The summed E-state index contributed by atoms with van der Waals surface area (Å²) in [5, 5.41) is -0.736. The number of ether oxygens (including phenoxy) is 1. The number of carbonyl (C=O) groups excluding carboxylic acids is 1. The molecule has 0 spiro atoms. The number of carbonyl (C=O) groups is 1. The number of alkyl halides is 15. The zero-order valence-electron chi connectivity index (χ0n) is 23.9. The standard InChI is InChI=1S/C30H17F16NO2/c1-49-18-12-8-16(9-13-18)22-21(19-4-2-3-5-20(19)47(22)14-15-6-10-17(31)11-7-15)23(48)24(32,33)25(34,35)26(36,37)27(38,39)28(40,41)29(42,43)30(44,45)46/h2-13H,14H2,1H3. The van der Waals surface area contributed by atoms with Gasteiger partial charge in [0.1, 0.15) is 11.6 Å². The maximum absolute atomic E-state index is 15.4. The molecule has 0 aliphatic carbocycles. The van der Waals surface area contributed by atoms with Gasteiger partial charge < -0.3 is 9.30 Å². The first-order valence-corrected chi connectivity index (χ1v) is 13.2. The molecule has 0 unspecified atom stereocenters. The van der Waals surface area contributed by atoms with Gasteiger partial charge in [-0.1, -0.05) is 30.3 Å². The van der Waals surface area contributed by atoms with Crippen LogP contribution in [0.5, 0.6) is 5.75 Å². The number of hydrogen-bond donors (Lipinski definition) is 0. The molecule has 0 aliphatic heterocycles. The van der Waals surface area contributed by atoms with Crippen molar-refractivity contribution in [2.75, 3.05) is 7.11 Å². The predicted molar refractivity (Wildman–Crippen MR) is 139 cm³/mol. The van der Waals surface area contributed by atoms with Gasteiger partial charge >= 0.3 is 41.7 Å². The van der Waals surface area contributed by atoms with Gasteiger partial charge in [0.25, 0.3) is 0 Å². The van der Waals surface area contributed by atoms with Gasteiger partial charge in [0.2, 0.25) is 5.78 Å². The Morgan fingerprint density at radius 1 is 0.633 bits per heavy atom. The van der Waals surface area contributed by atoms with E-state index in [1.165, 1.54) is 13.2 Å². The number of para-hydroxylation sites is 1. The average Bonchev–Trinajstić information content (AvgIpc) is 3.34. The summed E-state index contributed by atoms with van der Waals surface area (Å²) in [7, 11) is 1.18. The fourth-order valence-electron chi connectivity index (χ4n) is 4.79. The normalized spacial score (nSPS) is 14.0. The van der Waals surface area contributed by atoms with Crippen LogP contribution in [0.15, 0.2) is 72.8 Å². The predicted octanol–water partition coefficient (Wildman–Crippen LogP) is 10.1. The maximum Gasteiger partial charge on any atom is 0.460 e. The molecule has 0 amide bonds. The Bertz CT molecular complexity index is 1840. The molecule has 266 valence electrons. The molecule has 0 atom stereocenters. The first-order valence-electron chi connectivity index (χ1n) is 13.2. The Kier molecular flexibility index (Phi) is 9.04. The molecule has 3 nitrogen and oxygen atoms in total. The minimum Gasteiger partial charge on any atom is -0.497 e. The minimum atomic E-state index is -8.55. The molecule has 4 aromatic rings. The lowest BCUT2D eigenvalue weighted by Gasteiger charge is -2.41. The van der Waals surface area contributed by atoms with Crippen molar-refractivity contribution < 1.29 is 79.8 Å². The van der Waals surface area contributed by atoms with Crippen LogP contribution in [0.3, 0.4) is 0 Å². The number of benzene rings is 3. The van der Waals surface area contributed by atoms with Crippen molar-refractivity contribution in [2.45, 2.75) is 48.3 Å². The van der Waals surface area contributed by atoms with Crippen molar-refractivity contribution in [2.24, 2.45) is 0 Å². The second-order valence-electron chi connectivity index (χ2n) is 10.5. The third kappa shape index (κ3) is 5.53. The third-order valence-electron chi connectivity index (χ3n) is 7.43. The van der Waals surface area contributed by atoms with E-state index in [0.717, 1.165) is 71.3 Å². The number of methoxy groups -OCH3 is 1. The number of ketones is 1. The summed E-state index contributed by atoms with van der Waals surface area (Å²) in [6.45, 7) is -0.496. The maximum atomic E-state index is 15.4. The van der Waals surface area contributed by atoms with E-state index >= 15 is 8.78 Å². The Labute approximate surface area is 263 Å². The van der Waals surface area contributed by atoms with Gasteiger partial charge in [-0.05, 0) is 53.6 Å². The molecule has 49 heavy (non-hydrogen) atoms. The third-order valence-corrected chi connectivity index (χ3v) is 7.43. The summed E-state index contributed by atoms with van der Waals surface area (Å²) in [5.74, 6) is -52.9. The molecule has 4 rings (SSSR count). The van der Waals surface area contributed by atoms with Crippen LogP contribution in [0.4, 0.5) is 70.2 Å². The fourth-order valence-corrected chi connectivity index (χ4v) is 4.79. The van der Waals surface area contributed by atoms with Gasteiger partial charge in [-0.2, -0.15) is 65.9 Å². The summed E-state index contributed by atoms with van der Waals surface area (Å²) < 4.78 is 229. The van der Waals surface area contributed by atoms with Crippen molar-refractivity contribution in [1.29, 1.82) is 0 Å². The van der Waals surface area contributed by atoms with E-state index < -0.39 is 76.5 Å². The summed E-state index contributed by atoms with van der Waals surface area (Å²) in [6, 6.07) is 12.7. The molecule has 19 heteroatoms. The highest BCUT2D eigenvalue weighted by molar-refractivity contribution is 6.17. The Morgan fingerprint density at radius 3 is 1.63 bits per heavy atom. The number of halogens is 16. The molecular formula is C30H17F16NO2. The van der Waals surface area contributed by atoms with E-state index in [-0.39, 0.29) is 22.4 Å². The van der Waals surface area contributed by atoms with E-state index in [2.05, 4.69) is 0 Å². The van der Waals surface area contributed by atoms with Gasteiger partial charge in [0.05, 0.1) is 18.4 Å². The number of hydrogen-bond acceptors (Lipinski definition) is 2. The molecule has 1 heterocycles. The van der Waals surface area contributed by atoms with Gasteiger partial charge in [-0.15, -0.1) is 0 Å². The van der Waals surface area contributed by atoms with Crippen LogP contribution in [0.25, 0.3) is 22.2 Å². The van der Waals surface area contributed by atoms with Crippen LogP contribution in [0.1, 0.15) is 15.9 Å². The van der Waals surface area contributed by atoms with Gasteiger partial charge in [0.15, 0.2) is 0 Å². The van der Waals surface area contributed by atoms with E-state index in [4.69, 9.17) is 4.74 Å². The van der Waals surface area contributed by atoms with E-state index in [9.17, 15) is 66.3 Å². The molecule has 1 aromatic heterocycles. The summed E-state index contributed by atoms with van der Waals surface area (Å²) in [5.41, 5.74) is -2.84. The van der Waals surface area contributed by atoms with Crippen LogP contribution >= 0.6 is 0 Å². The molecule has 0 aliphatic rings. The van der Waals surface area contributed by atoms with Gasteiger partial charge in [0, 0.05) is 17.4 Å². The second kappa shape index (κ2) is 11.9. The largest absolute Gasteiger partial charge is 0.497 e. The quantitative estimate of drug-likeness (QED) is 0.114. The molecule has 0 saturated carbocycles. The second-order valence-corrected chi connectivity index (χ2v) is 10.5. The zero-order valence-corrected chi connectivity index (χ0v) is 23.9. The van der Waals surface area contributed by atoms with Crippen molar-refractivity contribution in [3.63, 3.8) is 0 Å². The topological polar surface area (TPSA) is 31.2 Å². The van der Waals surface area contributed by atoms with Crippen molar-refractivity contribution in [1.82, 2.24) is 4.57 Å². The van der Waals surface area contributed by atoms with E-state index in [1.807, 2.05) is 0 Å². The van der Waals surface area contributed by atoms with Gasteiger partial charge in [-0.3, -0.25) is 4.79 Å². The number of fused-ring (bicyclic) bond motifs is 1. The molecule has 0 fully saturated rings. The first-order chi connectivity index (χ1) is 22.3. The highest BCUT2D eigenvalue weighted by Crippen LogP contribution is 2.63. The first kappa shape index (κ1) is 37.4. The van der Waals surface area contributed by atoms with Crippen LogP contribution in [0, 0.1) is 5.82 Å². The number of rotatable bonds is 11. The van der Waals surface area contributed by atoms with E-state index in [1.54, 1.807) is 0 Å². The summed E-state index contributed by atoms with van der Waals surface area (Å²) in [6.07, 6.45) is -7.76. The number of nitrogens with zero attached hydrogens (tertiary/aromatic N) is 1. The van der Waals surface area contributed by atoms with Crippen LogP contribution in [-0.2, 0) is 6.54 Å². The van der Waals surface area contributed by atoms with Crippen LogP contribution in [0.2, 0.25) is 0 Å². The minimum absolute atomic E-state index is 0.0909. The fraction of sp³-hybridized carbons (Fsp3) is 0.300. The Balaban J connectivity index is 1.98. The average molecular weight is 727 g/mol. The lowest BCUT2D eigenvalue weighted by Crippen LogP contribution is -2.73. The molecule has 0 radical (unpaired) electrons. The molecule has 0 N–H and O–H groups in total. The Hall–Kier alpha value is -4.45. The Morgan fingerprint density at radius 2 is 1.12 bits per heavy atom. The highest BCUT2D eigenvalue weighted by atomic mass is 19.4. The van der Waals surface area contributed by atoms with Crippen molar-refractivity contribution in [3.05, 3.63) is 89.7 Å². The lowest BCUT2D eigenvalue weighted by atomic mass is 9.87. The SMILES string of the molecule is COc1ccc(-c2c(C(=O)C(F)(F)C(F)(F)C(F)(F)C(F)(F)C(F)(F)C(F)(F)C(F)(F)F)c3ccccc3n2Cc2ccc(F)cc2)cc1. The van der Waals surface area contributed by atoms with Gasteiger partial charge in [-0.25, -0.2) is 4.39 Å². The van der Waals surface area contributed by atoms with Crippen LogP contribution in [-0.4, -0.2) is 59.2 Å². The van der Waals surface area contributed by atoms with E-state index in [0.29, 0.717) is 0 Å². The van der Waals surface area contributed by atoms with Crippen molar-refractivity contribution in [3.8, 4) is 17.0 Å².